The van der Waals surface area contributed by atoms with Crippen LogP contribution in [0, 0.1) is 11.3 Å². The lowest BCUT2D eigenvalue weighted by Crippen LogP contribution is -2.02. The summed E-state index contributed by atoms with van der Waals surface area (Å²) in [4.78, 5) is 3.84. The summed E-state index contributed by atoms with van der Waals surface area (Å²) in [6, 6.07) is 10.6. The highest BCUT2D eigenvalue weighted by Gasteiger charge is 2.05. The molecule has 1 aromatic heterocycles. The van der Waals surface area contributed by atoms with Gasteiger partial charge in [-0.25, -0.2) is 4.98 Å². The molecule has 4 nitrogen and oxygen atoms in total. The Morgan fingerprint density at radius 1 is 1.39 bits per heavy atom. The third-order valence-corrected chi connectivity index (χ3v) is 2.66. The Labute approximate surface area is 109 Å². The highest BCUT2D eigenvalue weighted by atomic mass is 35.5. The standard InChI is InChI=1S/C13H10ClN3O/c14-13-5-11(10(6-15)8-17-13)16-7-9-3-1-2-4-12(9)18/h1-5,8,18H,7H2,(H,16,17). The Balaban J connectivity index is 2.18. The van der Waals surface area contributed by atoms with Gasteiger partial charge in [0, 0.05) is 18.3 Å². The van der Waals surface area contributed by atoms with E-state index in [0.29, 0.717) is 22.9 Å². The number of hydrogen-bond acceptors (Lipinski definition) is 4. The van der Waals surface area contributed by atoms with Crippen molar-refractivity contribution in [2.24, 2.45) is 0 Å². The van der Waals surface area contributed by atoms with Gasteiger partial charge in [-0.1, -0.05) is 29.8 Å². The zero-order chi connectivity index (χ0) is 13.0. The number of aromatic nitrogens is 1. The van der Waals surface area contributed by atoms with Crippen LogP contribution in [-0.4, -0.2) is 10.1 Å². The Hall–Kier alpha value is -2.25. The lowest BCUT2D eigenvalue weighted by atomic mass is 10.2. The summed E-state index contributed by atoms with van der Waals surface area (Å²) in [6.45, 7) is 0.404. The molecule has 0 fully saturated rings. The predicted molar refractivity (Wildman–Crippen MR) is 69.4 cm³/mol. The summed E-state index contributed by atoms with van der Waals surface area (Å²) in [5, 5.41) is 21.9. The lowest BCUT2D eigenvalue weighted by Gasteiger charge is -2.09. The minimum atomic E-state index is 0.212. The van der Waals surface area contributed by atoms with E-state index in [4.69, 9.17) is 16.9 Å². The SMILES string of the molecule is N#Cc1cnc(Cl)cc1NCc1ccccc1O. The van der Waals surface area contributed by atoms with Crippen LogP contribution in [0.2, 0.25) is 5.15 Å². The van der Waals surface area contributed by atoms with Gasteiger partial charge in [-0.15, -0.1) is 0 Å². The molecule has 1 heterocycles. The van der Waals surface area contributed by atoms with Gasteiger partial charge in [0.15, 0.2) is 0 Å². The maximum Gasteiger partial charge on any atom is 0.131 e. The van der Waals surface area contributed by atoms with E-state index in [2.05, 4.69) is 10.3 Å². The first-order valence-electron chi connectivity index (χ1n) is 5.27. The molecule has 0 saturated heterocycles. The smallest absolute Gasteiger partial charge is 0.131 e. The summed E-state index contributed by atoms with van der Waals surface area (Å²) in [6.07, 6.45) is 1.41. The molecular weight excluding hydrogens is 250 g/mol. The fourth-order valence-electron chi connectivity index (χ4n) is 1.52. The van der Waals surface area contributed by atoms with E-state index in [0.717, 1.165) is 5.56 Å². The van der Waals surface area contributed by atoms with E-state index < -0.39 is 0 Å². The van der Waals surface area contributed by atoms with Crippen molar-refractivity contribution < 1.29 is 5.11 Å². The molecule has 2 rings (SSSR count). The molecule has 0 amide bonds. The molecule has 2 N–H and O–H groups in total. The number of nitrogens with one attached hydrogen (secondary N) is 1. The number of phenols is 1. The Bertz CT molecular complexity index is 607. The number of hydrogen-bond donors (Lipinski definition) is 2. The summed E-state index contributed by atoms with van der Waals surface area (Å²) < 4.78 is 0. The first-order valence-corrected chi connectivity index (χ1v) is 5.65. The van der Waals surface area contributed by atoms with Crippen LogP contribution >= 0.6 is 11.6 Å². The molecule has 18 heavy (non-hydrogen) atoms. The van der Waals surface area contributed by atoms with E-state index >= 15 is 0 Å². The van der Waals surface area contributed by atoms with Gasteiger partial charge in [-0.05, 0) is 12.1 Å². The van der Waals surface area contributed by atoms with E-state index in [-0.39, 0.29) is 5.75 Å². The van der Waals surface area contributed by atoms with Gasteiger partial charge in [0.1, 0.15) is 17.0 Å². The number of aromatic hydroxyl groups is 1. The summed E-state index contributed by atoms with van der Waals surface area (Å²) in [7, 11) is 0. The number of pyridine rings is 1. The van der Waals surface area contributed by atoms with Crippen molar-refractivity contribution in [2.45, 2.75) is 6.54 Å². The average Bonchev–Trinajstić information content (AvgIpc) is 2.38. The molecule has 0 spiro atoms. The normalized spacial score (nSPS) is 9.78. The summed E-state index contributed by atoms with van der Waals surface area (Å²) >= 11 is 5.78. The van der Waals surface area contributed by atoms with Gasteiger partial charge in [-0.3, -0.25) is 0 Å². The largest absolute Gasteiger partial charge is 0.508 e. The predicted octanol–water partition coefficient (Wildman–Crippen LogP) is 2.92. The third-order valence-electron chi connectivity index (χ3n) is 2.45. The Kier molecular flexibility index (Phi) is 3.66. The number of nitrogens with zero attached hydrogens (tertiary/aromatic N) is 2. The van der Waals surface area contributed by atoms with Crippen LogP contribution in [-0.2, 0) is 6.54 Å². The Morgan fingerprint density at radius 3 is 2.89 bits per heavy atom. The van der Waals surface area contributed by atoms with Crippen molar-refractivity contribution in [1.29, 1.82) is 5.26 Å². The first-order chi connectivity index (χ1) is 8.70. The van der Waals surface area contributed by atoms with Crippen LogP contribution in [0.1, 0.15) is 11.1 Å². The summed E-state index contributed by atoms with van der Waals surface area (Å²) in [5.41, 5.74) is 1.75. The van der Waals surface area contributed by atoms with Gasteiger partial charge >= 0.3 is 0 Å². The highest BCUT2D eigenvalue weighted by Crippen LogP contribution is 2.21. The highest BCUT2D eigenvalue weighted by molar-refractivity contribution is 6.29. The molecule has 0 aliphatic rings. The molecule has 0 aliphatic carbocycles. The van der Waals surface area contributed by atoms with Crippen molar-refractivity contribution >= 4 is 17.3 Å². The minimum Gasteiger partial charge on any atom is -0.508 e. The number of rotatable bonds is 3. The van der Waals surface area contributed by atoms with E-state index in [1.165, 1.54) is 6.20 Å². The minimum absolute atomic E-state index is 0.212. The maximum atomic E-state index is 9.63. The molecule has 2 aromatic rings. The molecule has 0 radical (unpaired) electrons. The molecule has 1 aromatic carbocycles. The van der Waals surface area contributed by atoms with Crippen molar-refractivity contribution in [3.05, 3.63) is 52.8 Å². The van der Waals surface area contributed by atoms with Crippen LogP contribution in [0.3, 0.4) is 0 Å². The van der Waals surface area contributed by atoms with E-state index in [9.17, 15) is 5.11 Å². The molecule has 5 heteroatoms. The van der Waals surface area contributed by atoms with Gasteiger partial charge in [0.25, 0.3) is 0 Å². The number of anilines is 1. The lowest BCUT2D eigenvalue weighted by molar-refractivity contribution is 0.469. The van der Waals surface area contributed by atoms with Crippen molar-refractivity contribution in [3.8, 4) is 11.8 Å². The second-order valence-electron chi connectivity index (χ2n) is 3.65. The van der Waals surface area contributed by atoms with Crippen LogP contribution in [0.4, 0.5) is 5.69 Å². The van der Waals surface area contributed by atoms with E-state index in [1.807, 2.05) is 12.1 Å². The zero-order valence-electron chi connectivity index (χ0n) is 9.39. The van der Waals surface area contributed by atoms with Crippen molar-refractivity contribution in [1.82, 2.24) is 4.98 Å². The fourth-order valence-corrected chi connectivity index (χ4v) is 1.67. The molecule has 0 bridgehead atoms. The average molecular weight is 260 g/mol. The molecular formula is C13H10ClN3O. The summed E-state index contributed by atoms with van der Waals surface area (Å²) in [5.74, 6) is 0.212. The van der Waals surface area contributed by atoms with E-state index in [1.54, 1.807) is 24.3 Å². The Morgan fingerprint density at radius 2 is 2.17 bits per heavy atom. The van der Waals surface area contributed by atoms with Crippen LogP contribution in [0.5, 0.6) is 5.75 Å². The van der Waals surface area contributed by atoms with Crippen molar-refractivity contribution in [2.75, 3.05) is 5.32 Å². The number of para-hydroxylation sites is 1. The second kappa shape index (κ2) is 5.39. The molecule has 0 saturated carbocycles. The topological polar surface area (TPSA) is 68.9 Å². The quantitative estimate of drug-likeness (QED) is 0.832. The van der Waals surface area contributed by atoms with Gasteiger partial charge < -0.3 is 10.4 Å². The van der Waals surface area contributed by atoms with Gasteiger partial charge in [-0.2, -0.15) is 5.26 Å². The van der Waals surface area contributed by atoms with Gasteiger partial charge in [0.05, 0.1) is 11.3 Å². The second-order valence-corrected chi connectivity index (χ2v) is 4.03. The third kappa shape index (κ3) is 2.70. The van der Waals surface area contributed by atoms with Crippen LogP contribution < -0.4 is 5.32 Å². The van der Waals surface area contributed by atoms with Crippen LogP contribution in [0.15, 0.2) is 36.5 Å². The molecule has 90 valence electrons. The fraction of sp³-hybridized carbons (Fsp3) is 0.0769. The number of phenolic OH excluding ortho intramolecular Hbond substituents is 1. The number of nitriles is 1. The first kappa shape index (κ1) is 12.2. The zero-order valence-corrected chi connectivity index (χ0v) is 10.1. The molecule has 0 unspecified atom stereocenters. The number of benzene rings is 1. The monoisotopic (exact) mass is 259 g/mol. The molecule has 0 atom stereocenters. The van der Waals surface area contributed by atoms with Gasteiger partial charge in [0.2, 0.25) is 0 Å². The molecule has 0 aliphatic heterocycles. The maximum absolute atomic E-state index is 9.63. The number of halogens is 1. The van der Waals surface area contributed by atoms with Crippen LogP contribution in [0.25, 0.3) is 0 Å². The van der Waals surface area contributed by atoms with Crippen molar-refractivity contribution in [3.63, 3.8) is 0 Å².